The van der Waals surface area contributed by atoms with E-state index in [9.17, 15) is 4.79 Å². The van der Waals surface area contributed by atoms with Crippen LogP contribution >= 0.6 is 0 Å². The van der Waals surface area contributed by atoms with Crippen molar-refractivity contribution in [3.05, 3.63) is 23.3 Å². The zero-order valence-electron chi connectivity index (χ0n) is 15.2. The molecule has 0 bridgehead atoms. The van der Waals surface area contributed by atoms with Gasteiger partial charge in [0.2, 0.25) is 5.91 Å². The van der Waals surface area contributed by atoms with Crippen molar-refractivity contribution in [2.75, 3.05) is 32.6 Å². The molecule has 2 atom stereocenters. The normalized spacial score (nSPS) is 24.3. The number of hydrogen-bond acceptors (Lipinski definition) is 2. The Labute approximate surface area is 140 Å². The Kier molecular flexibility index (Phi) is 5.69. The smallest absolute Gasteiger partial charge is 0.230 e. The van der Waals surface area contributed by atoms with Crippen molar-refractivity contribution in [2.45, 2.75) is 52.5 Å². The van der Waals surface area contributed by atoms with Gasteiger partial charge in [0, 0.05) is 0 Å². The molecule has 2 rings (SSSR count). The van der Waals surface area contributed by atoms with Crippen LogP contribution in [0.3, 0.4) is 0 Å². The fourth-order valence-electron chi connectivity index (χ4n) is 3.59. The van der Waals surface area contributed by atoms with E-state index in [-0.39, 0.29) is 5.91 Å². The second-order valence-corrected chi connectivity index (χ2v) is 7.23. The maximum atomic E-state index is 12.4. The quantitative estimate of drug-likeness (QED) is 0.841. The third kappa shape index (κ3) is 4.25. The number of ether oxygens (including phenoxy) is 1. The van der Waals surface area contributed by atoms with Gasteiger partial charge in [0.05, 0.1) is 45.4 Å². The third-order valence-electron chi connectivity index (χ3n) is 5.38. The van der Waals surface area contributed by atoms with Gasteiger partial charge in [0.15, 0.2) is 0 Å². The summed E-state index contributed by atoms with van der Waals surface area (Å²) in [5, 5.41) is 3.05. The number of methoxy groups -OCH3 is 1. The highest BCUT2D eigenvalue weighted by Gasteiger charge is 2.32. The number of likely N-dealkylation sites (tertiary alicyclic amines) is 1. The lowest BCUT2D eigenvalue weighted by Gasteiger charge is -2.43. The summed E-state index contributed by atoms with van der Waals surface area (Å²) in [5.74, 6) is 0.815. The molecule has 2 unspecified atom stereocenters. The van der Waals surface area contributed by atoms with Crippen molar-refractivity contribution in [3.63, 3.8) is 0 Å². The number of carbonyl (C=O) groups excluding carboxylic acids is 1. The number of piperidine rings is 1. The van der Waals surface area contributed by atoms with Crippen LogP contribution in [-0.4, -0.2) is 43.7 Å². The second kappa shape index (κ2) is 7.35. The number of quaternary nitrogens is 1. The van der Waals surface area contributed by atoms with Crippen LogP contribution < -0.4 is 10.1 Å². The molecule has 0 spiro atoms. The van der Waals surface area contributed by atoms with Gasteiger partial charge < -0.3 is 14.5 Å². The van der Waals surface area contributed by atoms with Gasteiger partial charge in [-0.1, -0.05) is 6.07 Å². The number of benzene rings is 1. The molecule has 0 aliphatic carbocycles. The molecule has 4 nitrogen and oxygen atoms in total. The highest BCUT2D eigenvalue weighted by molar-refractivity contribution is 5.93. The van der Waals surface area contributed by atoms with Gasteiger partial charge in [0.1, 0.15) is 5.75 Å². The van der Waals surface area contributed by atoms with Crippen molar-refractivity contribution in [2.24, 2.45) is 0 Å². The largest absolute Gasteiger partial charge is 0.495 e. The average molecular weight is 319 g/mol. The molecule has 1 aliphatic heterocycles. The summed E-state index contributed by atoms with van der Waals surface area (Å²) in [7, 11) is 3.93. The van der Waals surface area contributed by atoms with E-state index in [2.05, 4.69) is 25.4 Å². The highest BCUT2D eigenvalue weighted by Crippen LogP contribution is 2.30. The van der Waals surface area contributed by atoms with Crippen molar-refractivity contribution >= 4 is 11.6 Å². The Morgan fingerprint density at radius 3 is 2.74 bits per heavy atom. The van der Waals surface area contributed by atoms with Crippen LogP contribution in [0.4, 0.5) is 5.69 Å². The first-order chi connectivity index (χ1) is 10.9. The first-order valence-corrected chi connectivity index (χ1v) is 8.65. The predicted octanol–water partition coefficient (Wildman–Crippen LogP) is 3.66. The summed E-state index contributed by atoms with van der Waals surface area (Å²) in [6, 6.07) is 4.68. The maximum absolute atomic E-state index is 12.4. The van der Waals surface area contributed by atoms with Crippen molar-refractivity contribution in [1.29, 1.82) is 0 Å². The van der Waals surface area contributed by atoms with E-state index in [1.165, 1.54) is 25.8 Å². The minimum Gasteiger partial charge on any atom is -0.495 e. The van der Waals surface area contributed by atoms with Crippen LogP contribution in [0.25, 0.3) is 0 Å². The summed E-state index contributed by atoms with van der Waals surface area (Å²) in [6.45, 7) is 8.43. The van der Waals surface area contributed by atoms with Gasteiger partial charge >= 0.3 is 0 Å². The minimum absolute atomic E-state index is 0.0763. The molecule has 1 N–H and O–H groups in total. The van der Waals surface area contributed by atoms with E-state index in [0.29, 0.717) is 12.5 Å². The summed E-state index contributed by atoms with van der Waals surface area (Å²) in [4.78, 5) is 12.4. The highest BCUT2D eigenvalue weighted by atomic mass is 16.5. The minimum atomic E-state index is 0.0763. The lowest BCUT2D eigenvalue weighted by atomic mass is 10.0. The second-order valence-electron chi connectivity index (χ2n) is 7.23. The number of amides is 1. The Bertz CT molecular complexity index is 571. The standard InChI is InChI=1S/C19H30N2O2/c1-14-12-15(2)19(17(13-14)23-5)20-18(22)9-11-21(4)10-7-6-8-16(21)3/h12-13,16H,6-11H2,1-5H3/p+1. The summed E-state index contributed by atoms with van der Waals surface area (Å²) >= 11 is 0. The lowest BCUT2D eigenvalue weighted by molar-refractivity contribution is -0.935. The molecule has 1 heterocycles. The molecule has 1 aromatic carbocycles. The molecule has 23 heavy (non-hydrogen) atoms. The van der Waals surface area contributed by atoms with E-state index in [1.807, 2.05) is 19.9 Å². The summed E-state index contributed by atoms with van der Waals surface area (Å²) < 4.78 is 6.43. The van der Waals surface area contributed by atoms with Gasteiger partial charge in [-0.3, -0.25) is 4.79 Å². The van der Waals surface area contributed by atoms with Crippen molar-refractivity contribution < 1.29 is 14.0 Å². The Morgan fingerprint density at radius 1 is 1.35 bits per heavy atom. The van der Waals surface area contributed by atoms with Crippen molar-refractivity contribution in [1.82, 2.24) is 0 Å². The van der Waals surface area contributed by atoms with Gasteiger partial charge in [0.25, 0.3) is 0 Å². The average Bonchev–Trinajstić information content (AvgIpc) is 2.51. The number of rotatable bonds is 5. The van der Waals surface area contributed by atoms with E-state index < -0.39 is 0 Å². The van der Waals surface area contributed by atoms with Crippen LogP contribution in [0.15, 0.2) is 12.1 Å². The van der Waals surface area contributed by atoms with Gasteiger partial charge in [-0.05, 0) is 57.2 Å². The monoisotopic (exact) mass is 319 g/mol. The SMILES string of the molecule is COc1cc(C)cc(C)c1NC(=O)CC[N+]1(C)CCCCC1C. The van der Waals surface area contributed by atoms with Crippen LogP contribution in [0, 0.1) is 13.8 Å². The Morgan fingerprint density at radius 2 is 2.09 bits per heavy atom. The predicted molar refractivity (Wildman–Crippen MR) is 94.9 cm³/mol. The zero-order valence-corrected chi connectivity index (χ0v) is 15.2. The van der Waals surface area contributed by atoms with E-state index in [1.54, 1.807) is 7.11 Å². The topological polar surface area (TPSA) is 38.3 Å². The van der Waals surface area contributed by atoms with Gasteiger partial charge in [-0.25, -0.2) is 0 Å². The maximum Gasteiger partial charge on any atom is 0.230 e. The molecular formula is C19H31N2O2+. The molecule has 0 radical (unpaired) electrons. The third-order valence-corrected chi connectivity index (χ3v) is 5.38. The van der Waals surface area contributed by atoms with Gasteiger partial charge in [-0.2, -0.15) is 0 Å². The first-order valence-electron chi connectivity index (χ1n) is 8.65. The first kappa shape index (κ1) is 17.8. The van der Waals surface area contributed by atoms with Crippen LogP contribution in [0.5, 0.6) is 5.75 Å². The Hall–Kier alpha value is -1.55. The molecule has 1 aliphatic rings. The molecule has 0 aromatic heterocycles. The molecule has 1 aromatic rings. The molecule has 4 heteroatoms. The van der Waals surface area contributed by atoms with E-state index >= 15 is 0 Å². The molecule has 0 saturated carbocycles. The van der Waals surface area contributed by atoms with E-state index in [4.69, 9.17) is 4.74 Å². The summed E-state index contributed by atoms with van der Waals surface area (Å²) in [5.41, 5.74) is 2.98. The summed E-state index contributed by atoms with van der Waals surface area (Å²) in [6.07, 6.45) is 4.41. The molecule has 1 fully saturated rings. The fourth-order valence-corrected chi connectivity index (χ4v) is 3.59. The van der Waals surface area contributed by atoms with Gasteiger partial charge in [-0.15, -0.1) is 0 Å². The van der Waals surface area contributed by atoms with Crippen LogP contribution in [-0.2, 0) is 4.79 Å². The number of nitrogens with zero attached hydrogens (tertiary/aromatic N) is 1. The number of aryl methyl sites for hydroxylation is 2. The lowest BCUT2D eigenvalue weighted by Crippen LogP contribution is -2.54. The van der Waals surface area contributed by atoms with Crippen LogP contribution in [0.1, 0.15) is 43.7 Å². The molecule has 1 amide bonds. The molecule has 128 valence electrons. The fraction of sp³-hybridized carbons (Fsp3) is 0.632. The number of hydrogen-bond donors (Lipinski definition) is 1. The number of carbonyl (C=O) groups is 1. The van der Waals surface area contributed by atoms with E-state index in [0.717, 1.165) is 33.6 Å². The van der Waals surface area contributed by atoms with Crippen LogP contribution in [0.2, 0.25) is 0 Å². The van der Waals surface area contributed by atoms with Crippen molar-refractivity contribution in [3.8, 4) is 5.75 Å². The number of anilines is 1. The molecular weight excluding hydrogens is 288 g/mol. The zero-order chi connectivity index (χ0) is 17.0. The number of nitrogens with one attached hydrogen (secondary N) is 1. The molecule has 1 saturated heterocycles. The Balaban J connectivity index is 2.00.